The van der Waals surface area contributed by atoms with Gasteiger partial charge in [-0.05, 0) is 30.5 Å². The Labute approximate surface area is 127 Å². The normalized spacial score (nSPS) is 22.1. The Hall–Kier alpha value is -1.26. The van der Waals surface area contributed by atoms with E-state index in [0.29, 0.717) is 5.92 Å². The molecule has 0 radical (unpaired) electrons. The molecule has 1 aromatic rings. The number of carbonyl (C=O) groups excluding carboxylic acids is 1. The van der Waals surface area contributed by atoms with Crippen molar-refractivity contribution in [1.82, 2.24) is 4.90 Å². The molecule has 1 aliphatic rings. The second kappa shape index (κ2) is 6.95. The van der Waals surface area contributed by atoms with Gasteiger partial charge in [-0.25, -0.2) is 0 Å². The number of amides is 1. The fourth-order valence-electron chi connectivity index (χ4n) is 2.45. The summed E-state index contributed by atoms with van der Waals surface area (Å²) < 4.78 is 0. The highest BCUT2D eigenvalue weighted by Crippen LogP contribution is 2.19. The zero-order valence-corrected chi connectivity index (χ0v) is 13.2. The fraction of sp³-hybridized carbons (Fsp3) is 0.533. The van der Waals surface area contributed by atoms with E-state index in [0.717, 1.165) is 30.8 Å². The number of halogens is 1. The lowest BCUT2D eigenvalue weighted by Gasteiger charge is -2.35. The van der Waals surface area contributed by atoms with Crippen molar-refractivity contribution in [3.05, 3.63) is 29.8 Å². The van der Waals surface area contributed by atoms with Crippen molar-refractivity contribution in [1.29, 1.82) is 0 Å². The number of benzene rings is 1. The summed E-state index contributed by atoms with van der Waals surface area (Å²) in [4.78, 5) is 16.4. The van der Waals surface area contributed by atoms with Gasteiger partial charge in [0, 0.05) is 44.5 Å². The first-order valence-electron chi connectivity index (χ1n) is 6.81. The lowest BCUT2D eigenvalue weighted by atomic mass is 9.94. The van der Waals surface area contributed by atoms with E-state index in [1.54, 1.807) is 0 Å². The molecule has 5 heteroatoms. The van der Waals surface area contributed by atoms with Gasteiger partial charge < -0.3 is 15.5 Å². The summed E-state index contributed by atoms with van der Waals surface area (Å²) in [6, 6.07) is 7.99. The number of likely N-dealkylation sites (tertiary alicyclic amines) is 1. The first-order chi connectivity index (χ1) is 8.99. The predicted octanol–water partition coefficient (Wildman–Crippen LogP) is 1.98. The van der Waals surface area contributed by atoms with Gasteiger partial charge in [0.2, 0.25) is 0 Å². The standard InChI is InChI=1S/C15H23N3O.ClH/c1-11-10-18(8-7-14(11)16)15(19)12-5-4-6-13(9-12)17(2)3;/h4-6,9,11,14H,7-8,10,16H2,1-3H3;1H. The van der Waals surface area contributed by atoms with Crippen LogP contribution in [-0.2, 0) is 0 Å². The third-order valence-electron chi connectivity index (χ3n) is 3.87. The van der Waals surface area contributed by atoms with Gasteiger partial charge in [0.05, 0.1) is 0 Å². The molecule has 20 heavy (non-hydrogen) atoms. The van der Waals surface area contributed by atoms with Crippen LogP contribution in [0.4, 0.5) is 5.69 Å². The number of rotatable bonds is 2. The van der Waals surface area contributed by atoms with Crippen LogP contribution >= 0.6 is 12.4 Å². The van der Waals surface area contributed by atoms with E-state index in [4.69, 9.17) is 5.73 Å². The van der Waals surface area contributed by atoms with Crippen LogP contribution in [0.25, 0.3) is 0 Å². The molecule has 0 aliphatic carbocycles. The molecule has 0 saturated carbocycles. The third kappa shape index (κ3) is 3.64. The number of anilines is 1. The van der Waals surface area contributed by atoms with Gasteiger partial charge in [0.25, 0.3) is 5.91 Å². The van der Waals surface area contributed by atoms with Crippen LogP contribution in [-0.4, -0.2) is 44.0 Å². The van der Waals surface area contributed by atoms with Crippen LogP contribution in [0.1, 0.15) is 23.7 Å². The van der Waals surface area contributed by atoms with Gasteiger partial charge in [0.1, 0.15) is 0 Å². The average molecular weight is 298 g/mol. The quantitative estimate of drug-likeness (QED) is 0.908. The first kappa shape index (κ1) is 16.8. The van der Waals surface area contributed by atoms with Crippen molar-refractivity contribution in [3.8, 4) is 0 Å². The van der Waals surface area contributed by atoms with Gasteiger partial charge >= 0.3 is 0 Å². The molecular formula is C15H24ClN3O. The van der Waals surface area contributed by atoms with E-state index >= 15 is 0 Å². The van der Waals surface area contributed by atoms with Crippen molar-refractivity contribution in [3.63, 3.8) is 0 Å². The highest BCUT2D eigenvalue weighted by Gasteiger charge is 2.26. The van der Waals surface area contributed by atoms with Crippen molar-refractivity contribution < 1.29 is 4.79 Å². The molecule has 112 valence electrons. The molecule has 1 saturated heterocycles. The van der Waals surface area contributed by atoms with Gasteiger partial charge in [0.15, 0.2) is 0 Å². The lowest BCUT2D eigenvalue weighted by Crippen LogP contribution is -2.48. The molecule has 0 bridgehead atoms. The second-order valence-corrected chi connectivity index (χ2v) is 5.63. The number of piperidine rings is 1. The minimum Gasteiger partial charge on any atom is -0.378 e. The Morgan fingerprint density at radius 2 is 2.10 bits per heavy atom. The van der Waals surface area contributed by atoms with Gasteiger partial charge in [-0.15, -0.1) is 12.4 Å². The first-order valence-corrected chi connectivity index (χ1v) is 6.81. The summed E-state index contributed by atoms with van der Waals surface area (Å²) in [7, 11) is 3.96. The minimum atomic E-state index is 0. The maximum absolute atomic E-state index is 12.5. The molecule has 1 aromatic carbocycles. The molecule has 2 N–H and O–H groups in total. The van der Waals surface area contributed by atoms with E-state index in [9.17, 15) is 4.79 Å². The van der Waals surface area contributed by atoms with E-state index in [1.807, 2.05) is 48.2 Å². The molecule has 1 amide bonds. The maximum atomic E-state index is 12.5. The molecule has 2 unspecified atom stereocenters. The Morgan fingerprint density at radius 1 is 1.40 bits per heavy atom. The SMILES string of the molecule is CC1CN(C(=O)c2cccc(N(C)C)c2)CCC1N.Cl. The molecule has 2 rings (SSSR count). The zero-order valence-electron chi connectivity index (χ0n) is 12.4. The molecule has 1 aliphatic heterocycles. The lowest BCUT2D eigenvalue weighted by molar-refractivity contribution is 0.0664. The van der Waals surface area contributed by atoms with Crippen LogP contribution in [0.3, 0.4) is 0 Å². The van der Waals surface area contributed by atoms with Crippen LogP contribution in [0.15, 0.2) is 24.3 Å². The average Bonchev–Trinajstić information content (AvgIpc) is 2.41. The number of carbonyl (C=O) groups is 1. The monoisotopic (exact) mass is 297 g/mol. The van der Waals surface area contributed by atoms with Crippen LogP contribution in [0.2, 0.25) is 0 Å². The Bertz CT molecular complexity index is 464. The highest BCUT2D eigenvalue weighted by atomic mass is 35.5. The summed E-state index contributed by atoms with van der Waals surface area (Å²) in [5.41, 5.74) is 7.81. The van der Waals surface area contributed by atoms with Crippen molar-refractivity contribution in [2.45, 2.75) is 19.4 Å². The number of hydrogen-bond acceptors (Lipinski definition) is 3. The Kier molecular flexibility index (Phi) is 5.84. The summed E-state index contributed by atoms with van der Waals surface area (Å²) in [5.74, 6) is 0.484. The summed E-state index contributed by atoms with van der Waals surface area (Å²) in [5, 5.41) is 0. The van der Waals surface area contributed by atoms with Crippen LogP contribution in [0, 0.1) is 5.92 Å². The number of hydrogen-bond donors (Lipinski definition) is 1. The topological polar surface area (TPSA) is 49.6 Å². The number of nitrogens with two attached hydrogens (primary N) is 1. The van der Waals surface area contributed by atoms with E-state index < -0.39 is 0 Å². The maximum Gasteiger partial charge on any atom is 0.253 e. The van der Waals surface area contributed by atoms with E-state index in [2.05, 4.69) is 6.92 Å². The van der Waals surface area contributed by atoms with Crippen molar-refractivity contribution in [2.24, 2.45) is 11.7 Å². The fourth-order valence-corrected chi connectivity index (χ4v) is 2.45. The molecular weight excluding hydrogens is 274 g/mol. The summed E-state index contributed by atoms with van der Waals surface area (Å²) >= 11 is 0. The summed E-state index contributed by atoms with van der Waals surface area (Å²) in [6.45, 7) is 3.63. The zero-order chi connectivity index (χ0) is 14.0. The number of nitrogens with zero attached hydrogens (tertiary/aromatic N) is 2. The highest BCUT2D eigenvalue weighted by molar-refractivity contribution is 5.95. The predicted molar refractivity (Wildman–Crippen MR) is 85.7 cm³/mol. The third-order valence-corrected chi connectivity index (χ3v) is 3.87. The molecule has 0 aromatic heterocycles. The van der Waals surface area contributed by atoms with E-state index in [-0.39, 0.29) is 24.4 Å². The molecule has 1 fully saturated rings. The largest absolute Gasteiger partial charge is 0.378 e. The molecule has 0 spiro atoms. The smallest absolute Gasteiger partial charge is 0.253 e. The van der Waals surface area contributed by atoms with E-state index in [1.165, 1.54) is 0 Å². The molecule has 2 atom stereocenters. The van der Waals surface area contributed by atoms with Gasteiger partial charge in [-0.2, -0.15) is 0 Å². The summed E-state index contributed by atoms with van der Waals surface area (Å²) in [6.07, 6.45) is 0.889. The molecule has 4 nitrogen and oxygen atoms in total. The Morgan fingerprint density at radius 3 is 2.70 bits per heavy atom. The van der Waals surface area contributed by atoms with Crippen molar-refractivity contribution in [2.75, 3.05) is 32.1 Å². The minimum absolute atomic E-state index is 0. The van der Waals surface area contributed by atoms with Crippen LogP contribution in [0.5, 0.6) is 0 Å². The van der Waals surface area contributed by atoms with Crippen molar-refractivity contribution >= 4 is 24.0 Å². The van der Waals surface area contributed by atoms with Gasteiger partial charge in [-0.3, -0.25) is 4.79 Å². The van der Waals surface area contributed by atoms with Gasteiger partial charge in [-0.1, -0.05) is 13.0 Å². The van der Waals surface area contributed by atoms with Crippen LogP contribution < -0.4 is 10.6 Å². The molecule has 1 heterocycles. The second-order valence-electron chi connectivity index (χ2n) is 5.63. The Balaban J connectivity index is 0.00000200.